The summed E-state index contributed by atoms with van der Waals surface area (Å²) in [6.45, 7) is 5.38. The summed E-state index contributed by atoms with van der Waals surface area (Å²) in [7, 11) is 0. The van der Waals surface area contributed by atoms with Gasteiger partial charge in [-0.05, 0) is 67.0 Å². The summed E-state index contributed by atoms with van der Waals surface area (Å²) in [5, 5.41) is 0. The summed E-state index contributed by atoms with van der Waals surface area (Å²) in [4.78, 5) is 17.1. The molecule has 0 bridgehead atoms. The van der Waals surface area contributed by atoms with Crippen molar-refractivity contribution in [1.82, 2.24) is 9.80 Å². The number of ether oxygens (including phenoxy) is 1. The Morgan fingerprint density at radius 3 is 1.90 bits per heavy atom. The molecule has 2 aromatic rings. The van der Waals surface area contributed by atoms with E-state index >= 15 is 0 Å². The predicted molar refractivity (Wildman–Crippen MR) is 137 cm³/mol. The first kappa shape index (κ1) is 28.9. The Kier molecular flexibility index (Phi) is 7.72. The smallest absolute Gasteiger partial charge is 0.353 e. The van der Waals surface area contributed by atoms with Crippen LogP contribution in [0, 0.1) is 11.8 Å². The molecule has 0 N–H and O–H groups in total. The minimum Gasteiger partial charge on any atom is -0.353 e. The van der Waals surface area contributed by atoms with E-state index in [1.807, 2.05) is 4.90 Å². The van der Waals surface area contributed by atoms with Crippen molar-refractivity contribution in [2.24, 2.45) is 11.8 Å². The lowest BCUT2D eigenvalue weighted by molar-refractivity contribution is -0.192. The predicted octanol–water partition coefficient (Wildman–Crippen LogP) is 7.27. The standard InChI is InChI=1S/C30H34F6N2O2/c1-19(2)26-18-40-28-14-13-25(15-24(28)11-12-27(39)38(26)28)37(16-20-3-7-22(8-4-20)29(31,32)33)17-21-5-9-23(10-6-21)30(34,35)36/h3-10,19,24-26H,11-18H2,1-2H3/t24-,25+,26-,28-/m1/s1. The first-order chi connectivity index (χ1) is 18.8. The zero-order chi connectivity index (χ0) is 28.9. The van der Waals surface area contributed by atoms with Crippen molar-refractivity contribution in [3.63, 3.8) is 0 Å². The van der Waals surface area contributed by atoms with Crippen LogP contribution >= 0.6 is 0 Å². The van der Waals surface area contributed by atoms with Gasteiger partial charge in [-0.1, -0.05) is 38.1 Å². The van der Waals surface area contributed by atoms with Crippen molar-refractivity contribution >= 4 is 5.91 Å². The average molecular weight is 569 g/mol. The molecule has 2 aliphatic heterocycles. The number of hydrogen-bond acceptors (Lipinski definition) is 3. The third-order valence-corrected chi connectivity index (χ3v) is 8.87. The monoisotopic (exact) mass is 568 g/mol. The molecule has 4 nitrogen and oxygen atoms in total. The number of benzene rings is 2. The molecule has 0 radical (unpaired) electrons. The second kappa shape index (κ2) is 10.7. The molecular weight excluding hydrogens is 534 g/mol. The van der Waals surface area contributed by atoms with Gasteiger partial charge in [0, 0.05) is 31.5 Å². The largest absolute Gasteiger partial charge is 0.416 e. The molecule has 2 heterocycles. The maximum absolute atomic E-state index is 13.1. The lowest BCUT2D eigenvalue weighted by Gasteiger charge is -2.53. The maximum atomic E-state index is 13.1. The summed E-state index contributed by atoms with van der Waals surface area (Å²) >= 11 is 0. The number of hydrogen-bond donors (Lipinski definition) is 0. The normalized spacial score (nSPS) is 27.3. The van der Waals surface area contributed by atoms with Gasteiger partial charge in [0.1, 0.15) is 5.72 Å². The molecule has 1 saturated carbocycles. The lowest BCUT2D eigenvalue weighted by atomic mass is 9.72. The van der Waals surface area contributed by atoms with Gasteiger partial charge < -0.3 is 9.64 Å². The van der Waals surface area contributed by atoms with E-state index in [1.54, 1.807) is 0 Å². The molecule has 10 heteroatoms. The van der Waals surface area contributed by atoms with E-state index in [2.05, 4.69) is 18.7 Å². The van der Waals surface area contributed by atoms with E-state index < -0.39 is 29.2 Å². The SMILES string of the molecule is CC(C)[C@H]1CO[C@]23CC[C@H](N(Cc4ccc(C(F)(F)F)cc4)Cc4ccc(C(F)(F)F)cc4)C[C@H]2CCC(=O)N13. The van der Waals surface area contributed by atoms with E-state index in [0.717, 1.165) is 30.7 Å². The number of rotatable bonds is 6. The van der Waals surface area contributed by atoms with E-state index in [9.17, 15) is 31.1 Å². The fraction of sp³-hybridized carbons (Fsp3) is 0.567. The minimum absolute atomic E-state index is 0.0250. The fourth-order valence-corrected chi connectivity index (χ4v) is 6.73. The highest BCUT2D eigenvalue weighted by Crippen LogP contribution is 2.51. The summed E-state index contributed by atoms with van der Waals surface area (Å²) in [5.74, 6) is 0.489. The highest BCUT2D eigenvalue weighted by molar-refractivity contribution is 5.78. The van der Waals surface area contributed by atoms with Crippen LogP contribution in [-0.4, -0.2) is 40.1 Å². The van der Waals surface area contributed by atoms with Gasteiger partial charge in [0.05, 0.1) is 23.8 Å². The number of alkyl halides is 6. The van der Waals surface area contributed by atoms with Crippen LogP contribution in [0.4, 0.5) is 26.3 Å². The van der Waals surface area contributed by atoms with Crippen molar-refractivity contribution in [2.75, 3.05) is 6.61 Å². The molecule has 1 spiro atoms. The molecule has 5 rings (SSSR count). The van der Waals surface area contributed by atoms with E-state index in [-0.39, 0.29) is 29.8 Å². The lowest BCUT2D eigenvalue weighted by Crippen LogP contribution is -2.63. The third-order valence-electron chi connectivity index (χ3n) is 8.87. The number of halogens is 6. The maximum Gasteiger partial charge on any atom is 0.416 e. The molecule has 218 valence electrons. The summed E-state index contributed by atoms with van der Waals surface area (Å²) in [6, 6.07) is 10.1. The van der Waals surface area contributed by atoms with E-state index in [1.165, 1.54) is 24.3 Å². The Hall–Kier alpha value is -2.59. The molecule has 3 fully saturated rings. The highest BCUT2D eigenvalue weighted by atomic mass is 19.4. The van der Waals surface area contributed by atoms with Gasteiger partial charge in [-0.25, -0.2) is 0 Å². The first-order valence-electron chi connectivity index (χ1n) is 13.8. The van der Waals surface area contributed by atoms with Crippen LogP contribution in [0.15, 0.2) is 48.5 Å². The zero-order valence-corrected chi connectivity index (χ0v) is 22.6. The van der Waals surface area contributed by atoms with Gasteiger partial charge in [-0.3, -0.25) is 9.69 Å². The molecule has 40 heavy (non-hydrogen) atoms. The minimum atomic E-state index is -4.43. The number of nitrogens with zero attached hydrogens (tertiary/aromatic N) is 2. The number of piperidine rings is 1. The van der Waals surface area contributed by atoms with Crippen molar-refractivity contribution in [3.8, 4) is 0 Å². The topological polar surface area (TPSA) is 32.8 Å². The molecule has 1 amide bonds. The Labute approximate surface area is 230 Å². The third kappa shape index (κ3) is 5.62. The van der Waals surface area contributed by atoms with Gasteiger partial charge in [-0.2, -0.15) is 26.3 Å². The van der Waals surface area contributed by atoms with E-state index in [0.29, 0.717) is 56.5 Å². The molecule has 3 aliphatic rings. The first-order valence-corrected chi connectivity index (χ1v) is 13.8. The number of carbonyl (C=O) groups is 1. The molecule has 0 unspecified atom stereocenters. The molecule has 2 saturated heterocycles. The molecular formula is C30H34F6N2O2. The Morgan fingerprint density at radius 1 is 0.900 bits per heavy atom. The van der Waals surface area contributed by atoms with Gasteiger partial charge in [0.25, 0.3) is 0 Å². The molecule has 2 aromatic carbocycles. The fourth-order valence-electron chi connectivity index (χ4n) is 6.73. The van der Waals surface area contributed by atoms with Gasteiger partial charge in [-0.15, -0.1) is 0 Å². The van der Waals surface area contributed by atoms with Crippen molar-refractivity contribution in [1.29, 1.82) is 0 Å². The van der Waals surface area contributed by atoms with Crippen molar-refractivity contribution in [2.45, 2.75) is 89.2 Å². The molecule has 0 aromatic heterocycles. The van der Waals surface area contributed by atoms with E-state index in [4.69, 9.17) is 4.74 Å². The van der Waals surface area contributed by atoms with Gasteiger partial charge in [0.15, 0.2) is 0 Å². The highest BCUT2D eigenvalue weighted by Gasteiger charge is 2.59. The van der Waals surface area contributed by atoms with Crippen LogP contribution < -0.4 is 0 Å². The quantitative estimate of drug-likeness (QED) is 0.344. The Balaban J connectivity index is 1.39. The number of amides is 1. The molecule has 1 aliphatic carbocycles. The second-order valence-electron chi connectivity index (χ2n) is 11.7. The number of carbonyl (C=O) groups excluding carboxylic acids is 1. The van der Waals surface area contributed by atoms with Crippen molar-refractivity contribution < 1.29 is 35.9 Å². The van der Waals surface area contributed by atoms with Gasteiger partial charge >= 0.3 is 12.4 Å². The Morgan fingerprint density at radius 2 is 1.43 bits per heavy atom. The average Bonchev–Trinajstić information content (AvgIpc) is 3.29. The van der Waals surface area contributed by atoms with Crippen LogP contribution in [-0.2, 0) is 35.0 Å². The summed E-state index contributed by atoms with van der Waals surface area (Å²) < 4.78 is 85.1. The van der Waals surface area contributed by atoms with Crippen LogP contribution in [0.5, 0.6) is 0 Å². The van der Waals surface area contributed by atoms with Crippen LogP contribution in [0.3, 0.4) is 0 Å². The van der Waals surface area contributed by atoms with Crippen LogP contribution in [0.25, 0.3) is 0 Å². The van der Waals surface area contributed by atoms with Gasteiger partial charge in [0.2, 0.25) is 5.91 Å². The molecule has 4 atom stereocenters. The Bertz CT molecular complexity index is 1140. The summed E-state index contributed by atoms with van der Waals surface area (Å²) in [5.41, 5.74) is -0.699. The van der Waals surface area contributed by atoms with Crippen molar-refractivity contribution in [3.05, 3.63) is 70.8 Å². The summed E-state index contributed by atoms with van der Waals surface area (Å²) in [6.07, 6.45) is -5.64. The second-order valence-corrected chi connectivity index (χ2v) is 11.7. The zero-order valence-electron chi connectivity index (χ0n) is 22.6. The van der Waals surface area contributed by atoms with Crippen LogP contribution in [0.1, 0.15) is 68.2 Å². The van der Waals surface area contributed by atoms with Crippen LogP contribution in [0.2, 0.25) is 0 Å².